The topological polar surface area (TPSA) is 82.2 Å². The van der Waals surface area contributed by atoms with Crippen LogP contribution in [0.3, 0.4) is 0 Å². The molecular formula is C18H24N2O3. The summed E-state index contributed by atoms with van der Waals surface area (Å²) in [5, 5.41) is 14.3. The second-order valence-electron chi connectivity index (χ2n) is 6.96. The van der Waals surface area contributed by atoms with Gasteiger partial charge in [-0.25, -0.2) is 0 Å². The van der Waals surface area contributed by atoms with Crippen molar-refractivity contribution in [3.63, 3.8) is 0 Å². The Morgan fingerprint density at radius 2 is 1.96 bits per heavy atom. The Morgan fingerprint density at radius 3 is 2.61 bits per heavy atom. The molecule has 1 unspecified atom stereocenters. The first-order chi connectivity index (χ1) is 10.7. The maximum Gasteiger partial charge on any atom is 0.267 e. The number of pyridine rings is 1. The second-order valence-corrected chi connectivity index (χ2v) is 6.96. The van der Waals surface area contributed by atoms with Gasteiger partial charge in [0.1, 0.15) is 5.69 Å². The number of rotatable bonds is 5. The lowest BCUT2D eigenvalue weighted by atomic mass is 9.80. The summed E-state index contributed by atoms with van der Waals surface area (Å²) in [5.74, 6) is -0.251. The van der Waals surface area contributed by atoms with Crippen molar-refractivity contribution in [2.75, 3.05) is 6.54 Å². The maximum atomic E-state index is 12.3. The fraction of sp³-hybridized carbons (Fsp3) is 0.444. The molecule has 0 bridgehead atoms. The number of amides is 1. The van der Waals surface area contributed by atoms with Gasteiger partial charge < -0.3 is 15.4 Å². The fourth-order valence-electron chi connectivity index (χ4n) is 2.74. The third-order valence-electron chi connectivity index (χ3n) is 4.13. The minimum absolute atomic E-state index is 0.0994. The molecule has 1 aromatic heterocycles. The number of carbonyl (C=O) groups excluding carboxylic acids is 1. The van der Waals surface area contributed by atoms with E-state index in [0.29, 0.717) is 11.9 Å². The Balaban J connectivity index is 2.17. The summed E-state index contributed by atoms with van der Waals surface area (Å²) in [4.78, 5) is 27.0. The first-order valence-electron chi connectivity index (χ1n) is 7.80. The molecule has 0 aliphatic rings. The first-order valence-corrected chi connectivity index (χ1v) is 7.80. The summed E-state index contributed by atoms with van der Waals surface area (Å²) in [6, 6.07) is 8.79. The zero-order valence-corrected chi connectivity index (χ0v) is 14.0. The summed E-state index contributed by atoms with van der Waals surface area (Å²) in [6.07, 6.45) is -0.529. The molecule has 2 rings (SSSR count). The molecule has 0 saturated carbocycles. The maximum absolute atomic E-state index is 12.3. The van der Waals surface area contributed by atoms with Gasteiger partial charge in [-0.15, -0.1) is 0 Å². The van der Waals surface area contributed by atoms with E-state index >= 15 is 0 Å². The molecule has 1 heterocycles. The number of hydrogen-bond acceptors (Lipinski definition) is 3. The summed E-state index contributed by atoms with van der Waals surface area (Å²) < 4.78 is 0. The van der Waals surface area contributed by atoms with E-state index in [2.05, 4.69) is 10.3 Å². The van der Waals surface area contributed by atoms with Gasteiger partial charge in [0.2, 0.25) is 0 Å². The zero-order valence-electron chi connectivity index (χ0n) is 14.0. The third kappa shape index (κ3) is 3.79. The molecule has 5 heteroatoms. The number of fused-ring (bicyclic) bond motifs is 1. The van der Waals surface area contributed by atoms with Crippen molar-refractivity contribution in [2.24, 2.45) is 11.3 Å². The molecule has 3 N–H and O–H groups in total. The molecule has 1 aromatic carbocycles. The van der Waals surface area contributed by atoms with Crippen LogP contribution in [-0.2, 0) is 0 Å². The highest BCUT2D eigenvalue weighted by atomic mass is 16.3. The average Bonchev–Trinajstić information content (AvgIpc) is 2.51. The van der Waals surface area contributed by atoms with E-state index in [1.54, 1.807) is 24.3 Å². The Kier molecular flexibility index (Phi) is 4.90. The van der Waals surface area contributed by atoms with Crippen molar-refractivity contribution < 1.29 is 9.90 Å². The molecule has 5 nitrogen and oxygen atoms in total. The van der Waals surface area contributed by atoms with Gasteiger partial charge >= 0.3 is 0 Å². The number of nitrogens with one attached hydrogen (secondary N) is 2. The lowest BCUT2D eigenvalue weighted by molar-refractivity contribution is 0.0138. The highest BCUT2D eigenvalue weighted by Gasteiger charge is 2.30. The molecule has 0 saturated heterocycles. The molecule has 1 atom stereocenters. The largest absolute Gasteiger partial charge is 0.392 e. The summed E-state index contributed by atoms with van der Waals surface area (Å²) in [5.41, 5.74) is -0.515. The molecule has 0 spiro atoms. The van der Waals surface area contributed by atoms with Gasteiger partial charge in [0.15, 0.2) is 0 Å². The number of aliphatic hydroxyl groups is 1. The van der Waals surface area contributed by atoms with Crippen LogP contribution in [0.15, 0.2) is 35.1 Å². The van der Waals surface area contributed by atoms with Gasteiger partial charge in [0, 0.05) is 17.3 Å². The smallest absolute Gasteiger partial charge is 0.267 e. The Bertz CT molecular complexity index is 762. The number of carbonyl (C=O) groups is 1. The van der Waals surface area contributed by atoms with Crippen LogP contribution in [-0.4, -0.2) is 28.6 Å². The molecule has 2 aromatic rings. The zero-order chi connectivity index (χ0) is 17.2. The molecule has 0 fully saturated rings. The summed E-state index contributed by atoms with van der Waals surface area (Å²) in [7, 11) is 0. The molecule has 0 radical (unpaired) electrons. The van der Waals surface area contributed by atoms with Crippen molar-refractivity contribution in [2.45, 2.75) is 33.8 Å². The lowest BCUT2D eigenvalue weighted by Crippen LogP contribution is -2.43. The van der Waals surface area contributed by atoms with Crippen molar-refractivity contribution in [3.8, 4) is 0 Å². The number of benzene rings is 1. The molecule has 0 aliphatic carbocycles. The van der Waals surface area contributed by atoms with Crippen LogP contribution in [0.1, 0.15) is 38.2 Å². The first kappa shape index (κ1) is 17.2. The molecule has 23 heavy (non-hydrogen) atoms. The van der Waals surface area contributed by atoms with Crippen molar-refractivity contribution >= 4 is 16.7 Å². The van der Waals surface area contributed by atoms with Crippen LogP contribution < -0.4 is 10.9 Å². The van der Waals surface area contributed by atoms with Gasteiger partial charge in [0.05, 0.1) is 6.10 Å². The predicted molar refractivity (Wildman–Crippen MR) is 91.5 cm³/mol. The van der Waals surface area contributed by atoms with Gasteiger partial charge in [-0.2, -0.15) is 0 Å². The Morgan fingerprint density at radius 1 is 1.30 bits per heavy atom. The predicted octanol–water partition coefficient (Wildman–Crippen LogP) is 2.30. The summed E-state index contributed by atoms with van der Waals surface area (Å²) in [6.45, 7) is 8.01. The minimum Gasteiger partial charge on any atom is -0.392 e. The van der Waals surface area contributed by atoms with Crippen LogP contribution >= 0.6 is 0 Å². The third-order valence-corrected chi connectivity index (χ3v) is 4.13. The Labute approximate surface area is 135 Å². The quantitative estimate of drug-likeness (QED) is 0.791. The lowest BCUT2D eigenvalue weighted by Gasteiger charge is -2.33. The molecular weight excluding hydrogens is 292 g/mol. The van der Waals surface area contributed by atoms with Crippen LogP contribution in [0.4, 0.5) is 0 Å². The average molecular weight is 316 g/mol. The van der Waals surface area contributed by atoms with E-state index < -0.39 is 11.5 Å². The number of aromatic nitrogens is 1. The fourth-order valence-corrected chi connectivity index (χ4v) is 2.74. The van der Waals surface area contributed by atoms with Crippen molar-refractivity contribution in [1.29, 1.82) is 0 Å². The van der Waals surface area contributed by atoms with Crippen molar-refractivity contribution in [3.05, 3.63) is 46.4 Å². The van der Waals surface area contributed by atoms with Crippen LogP contribution in [0, 0.1) is 11.3 Å². The Hall–Kier alpha value is -2.14. The normalized spacial score (nSPS) is 13.3. The van der Waals surface area contributed by atoms with Gasteiger partial charge in [0.25, 0.3) is 11.5 Å². The number of H-pyrrole nitrogens is 1. The van der Waals surface area contributed by atoms with E-state index in [0.717, 1.165) is 5.39 Å². The molecule has 1 amide bonds. The number of hydrogen-bond donors (Lipinski definition) is 3. The SMILES string of the molecule is CC(C)C(O)C(C)(C)CNC(=O)c1cc2ccccc2c(=O)[nH]1. The molecule has 124 valence electrons. The monoisotopic (exact) mass is 316 g/mol. The van der Waals surface area contributed by atoms with Gasteiger partial charge in [-0.1, -0.05) is 45.9 Å². The van der Waals surface area contributed by atoms with Gasteiger partial charge in [-0.05, 0) is 23.4 Å². The van der Waals surface area contributed by atoms with Crippen LogP contribution in [0.5, 0.6) is 0 Å². The number of aliphatic hydroxyl groups excluding tert-OH is 1. The van der Waals surface area contributed by atoms with E-state index in [9.17, 15) is 14.7 Å². The molecule has 0 aliphatic heterocycles. The van der Waals surface area contributed by atoms with E-state index in [1.165, 1.54) is 0 Å². The van der Waals surface area contributed by atoms with E-state index in [-0.39, 0.29) is 23.1 Å². The summed E-state index contributed by atoms with van der Waals surface area (Å²) >= 11 is 0. The van der Waals surface area contributed by atoms with Crippen LogP contribution in [0.25, 0.3) is 10.8 Å². The highest BCUT2D eigenvalue weighted by Crippen LogP contribution is 2.25. The van der Waals surface area contributed by atoms with E-state index in [1.807, 2.05) is 33.8 Å². The van der Waals surface area contributed by atoms with Crippen molar-refractivity contribution in [1.82, 2.24) is 10.3 Å². The second kappa shape index (κ2) is 6.54. The number of aromatic amines is 1. The highest BCUT2D eigenvalue weighted by molar-refractivity contribution is 5.96. The van der Waals surface area contributed by atoms with E-state index in [4.69, 9.17) is 0 Å². The standard InChI is InChI=1S/C18H24N2O3/c1-11(2)15(21)18(3,4)10-19-17(23)14-9-12-7-5-6-8-13(12)16(22)20-14/h5-9,11,15,21H,10H2,1-4H3,(H,19,23)(H,20,22). The van der Waals surface area contributed by atoms with Crippen LogP contribution in [0.2, 0.25) is 0 Å². The van der Waals surface area contributed by atoms with Gasteiger partial charge in [-0.3, -0.25) is 9.59 Å². The minimum atomic E-state index is -0.529.